The quantitative estimate of drug-likeness (QED) is 0.0401. The second kappa shape index (κ2) is 32.1. The minimum absolute atomic E-state index is 0.0377. The summed E-state index contributed by atoms with van der Waals surface area (Å²) in [6.07, 6.45) is -8.24. The van der Waals surface area contributed by atoms with Gasteiger partial charge < -0.3 is 41.4 Å². The predicted octanol–water partition coefficient (Wildman–Crippen LogP) is 7.18. The zero-order valence-corrected chi connectivity index (χ0v) is 45.3. The molecule has 0 fully saturated rings. The van der Waals surface area contributed by atoms with Gasteiger partial charge in [0.2, 0.25) is 41.8 Å². The highest BCUT2D eigenvalue weighted by Crippen LogP contribution is 2.19. The number of hydrogen-bond acceptors (Lipinski definition) is 11. The lowest BCUT2D eigenvalue weighted by molar-refractivity contribution is -0.144. The molecule has 2 aromatic rings. The van der Waals surface area contributed by atoms with E-state index in [9.17, 15) is 43.2 Å². The summed E-state index contributed by atoms with van der Waals surface area (Å²) in [5, 5.41) is 15.3. The summed E-state index contributed by atoms with van der Waals surface area (Å²) in [6.45, 7) is 20.9. The minimum atomic E-state index is -3.23. The van der Waals surface area contributed by atoms with Gasteiger partial charge in [-0.3, -0.25) is 33.6 Å². The summed E-state index contributed by atoms with van der Waals surface area (Å²) < 4.78 is 42.9. The van der Waals surface area contributed by atoms with Gasteiger partial charge in [0.15, 0.2) is 11.6 Å². The molecule has 17 nitrogen and oxygen atoms in total. The van der Waals surface area contributed by atoms with Gasteiger partial charge in [-0.25, -0.2) is 18.4 Å². The number of nitrogens with one attached hydrogen (secondary N) is 6. The molecule has 74 heavy (non-hydrogen) atoms. The number of hydrogen-bond donors (Lipinski definition) is 6. The van der Waals surface area contributed by atoms with Crippen molar-refractivity contribution in [3.8, 4) is 0 Å². The van der Waals surface area contributed by atoms with Crippen LogP contribution >= 0.6 is 0 Å². The molecule has 0 aliphatic rings. The predicted molar refractivity (Wildman–Crippen MR) is 276 cm³/mol. The minimum Gasteiger partial charge on any atom is -0.445 e. The first-order valence-electron chi connectivity index (χ1n) is 25.7. The fraction of sp³-hybridized carbons (Fsp3) is 0.618. The van der Waals surface area contributed by atoms with Crippen LogP contribution in [0, 0.1) is 35.5 Å². The third-order valence-corrected chi connectivity index (χ3v) is 11.5. The maximum absolute atomic E-state index is 16.1. The average Bonchev–Trinajstić information content (AvgIpc) is 3.32. The highest BCUT2D eigenvalue weighted by molar-refractivity contribution is 6.18. The monoisotopic (exact) mass is 1040 g/mol. The van der Waals surface area contributed by atoms with Crippen LogP contribution in [0.3, 0.4) is 0 Å². The van der Waals surface area contributed by atoms with E-state index in [1.165, 1.54) is 0 Å². The van der Waals surface area contributed by atoms with Crippen molar-refractivity contribution >= 4 is 53.2 Å². The Hall–Kier alpha value is -6.27. The molecular formula is C55H82F2N6O11. The van der Waals surface area contributed by atoms with Crippen molar-refractivity contribution in [2.75, 3.05) is 0 Å². The van der Waals surface area contributed by atoms with E-state index in [0.717, 1.165) is 0 Å². The standard InChI is InChI=1S/C55H82F2N6O11/c1-31(2)23-39(58-50(67)41(25-33(5)6)60-52(69)43(27-35(9)10)62-54(71)73-29-37-19-15-13-16-20-37)47(64)45(56)49(66)46(57)48(65)40(24-32(3)4)59-51(68)42(26-34(7)8)61-53(70)44(28-36(11)12)63-55(72)74-30-38-21-17-14-18-22-38/h13-22,31-36,39-46H,23-30H2,1-12H3,(H,58,67)(H,59,68)(H,60,69)(H,61,70)(H,62,71)(H,63,72)/t39-,40-,41-,42-,43-,44-,45?,46?/m0/s1. The van der Waals surface area contributed by atoms with Crippen molar-refractivity contribution in [3.63, 3.8) is 0 Å². The van der Waals surface area contributed by atoms with Crippen LogP contribution in [0.4, 0.5) is 18.4 Å². The van der Waals surface area contributed by atoms with Gasteiger partial charge in [0.25, 0.3) is 0 Å². The Morgan fingerprint density at radius 2 is 0.581 bits per heavy atom. The number of benzene rings is 2. The molecule has 0 aliphatic heterocycles. The van der Waals surface area contributed by atoms with Gasteiger partial charge >= 0.3 is 12.2 Å². The Morgan fingerprint density at radius 3 is 0.838 bits per heavy atom. The normalized spacial score (nSPS) is 14.8. The molecular weight excluding hydrogens is 959 g/mol. The molecule has 6 amide bonds. The lowest BCUT2D eigenvalue weighted by Crippen LogP contribution is -2.58. The van der Waals surface area contributed by atoms with Crippen LogP contribution in [0.2, 0.25) is 0 Å². The molecule has 2 unspecified atom stereocenters. The second-order valence-corrected chi connectivity index (χ2v) is 21.5. The molecule has 0 radical (unpaired) electrons. The molecule has 19 heteroatoms. The van der Waals surface area contributed by atoms with Crippen LogP contribution < -0.4 is 31.9 Å². The number of rotatable bonds is 32. The lowest BCUT2D eigenvalue weighted by Gasteiger charge is -2.28. The Morgan fingerprint density at radius 1 is 0.351 bits per heavy atom. The molecule has 0 spiro atoms. The fourth-order valence-electron chi connectivity index (χ4n) is 7.91. The van der Waals surface area contributed by atoms with Crippen LogP contribution in [0.5, 0.6) is 0 Å². The van der Waals surface area contributed by atoms with E-state index in [4.69, 9.17) is 9.47 Å². The van der Waals surface area contributed by atoms with Crippen molar-refractivity contribution in [3.05, 3.63) is 71.8 Å². The number of halogens is 2. The van der Waals surface area contributed by atoms with Crippen LogP contribution in [0.25, 0.3) is 0 Å². The molecule has 0 heterocycles. The van der Waals surface area contributed by atoms with Gasteiger partial charge in [0.05, 0.1) is 12.1 Å². The van der Waals surface area contributed by atoms with Gasteiger partial charge in [0.1, 0.15) is 37.4 Å². The summed E-state index contributed by atoms with van der Waals surface area (Å²) in [7, 11) is 0. The second-order valence-electron chi connectivity index (χ2n) is 21.5. The maximum atomic E-state index is 16.1. The van der Waals surface area contributed by atoms with Crippen molar-refractivity contribution in [1.82, 2.24) is 31.9 Å². The summed E-state index contributed by atoms with van der Waals surface area (Å²) >= 11 is 0. The van der Waals surface area contributed by atoms with Crippen molar-refractivity contribution in [1.29, 1.82) is 0 Å². The van der Waals surface area contributed by atoms with Gasteiger partial charge in [0, 0.05) is 0 Å². The fourth-order valence-corrected chi connectivity index (χ4v) is 7.91. The highest BCUT2D eigenvalue weighted by Gasteiger charge is 2.43. The van der Waals surface area contributed by atoms with Gasteiger partial charge in [-0.1, -0.05) is 144 Å². The number of carbonyl (C=O) groups excluding carboxylic acids is 9. The van der Waals surface area contributed by atoms with Crippen LogP contribution in [-0.4, -0.2) is 102 Å². The highest BCUT2D eigenvalue weighted by atomic mass is 19.1. The Balaban J connectivity index is 2.28. The van der Waals surface area contributed by atoms with Crippen LogP contribution in [0.15, 0.2) is 60.7 Å². The smallest absolute Gasteiger partial charge is 0.408 e. The van der Waals surface area contributed by atoms with Crippen LogP contribution in [-0.2, 0) is 56.2 Å². The Kier molecular flexibility index (Phi) is 27.7. The number of alkyl carbamates (subject to hydrolysis) is 2. The first-order chi connectivity index (χ1) is 34.7. The number of amides is 6. The topological polar surface area (TPSA) is 244 Å². The third-order valence-electron chi connectivity index (χ3n) is 11.5. The first kappa shape index (κ1) is 63.8. The molecule has 6 N–H and O–H groups in total. The van der Waals surface area contributed by atoms with Crippen molar-refractivity contribution < 1.29 is 61.4 Å². The summed E-state index contributed by atoms with van der Waals surface area (Å²) in [6, 6.07) is 9.44. The van der Waals surface area contributed by atoms with E-state index < -0.39 is 102 Å². The van der Waals surface area contributed by atoms with E-state index in [2.05, 4.69) is 31.9 Å². The molecule has 0 saturated heterocycles. The van der Waals surface area contributed by atoms with E-state index in [1.807, 2.05) is 27.7 Å². The largest absolute Gasteiger partial charge is 0.445 e. The summed E-state index contributed by atoms with van der Waals surface area (Å²) in [4.78, 5) is 122. The Labute approximate surface area is 435 Å². The average molecular weight is 1040 g/mol. The molecule has 8 atom stereocenters. The SMILES string of the molecule is CC(C)C[C@H](NC(=O)OCc1ccccc1)C(=O)N[C@@H](CC(C)C)C(=O)N[C@@H](CC(C)C)C(=O)C(F)C(=O)C(F)C(=O)[C@H](CC(C)C)NC(=O)[C@H](CC(C)C)NC(=O)[C@H](CC(C)C)NC(=O)OCc1ccccc1. The van der Waals surface area contributed by atoms with Gasteiger partial charge in [-0.05, 0) is 85.2 Å². The van der Waals surface area contributed by atoms with Gasteiger partial charge in [-0.15, -0.1) is 0 Å². The van der Waals surface area contributed by atoms with E-state index in [1.54, 1.807) is 116 Å². The Bertz CT molecular complexity index is 1990. The van der Waals surface area contributed by atoms with E-state index >= 15 is 8.78 Å². The van der Waals surface area contributed by atoms with Crippen molar-refractivity contribution in [2.24, 2.45) is 35.5 Å². The number of ether oxygens (including phenoxy) is 2. The van der Waals surface area contributed by atoms with Gasteiger partial charge in [-0.2, -0.15) is 0 Å². The van der Waals surface area contributed by atoms with Crippen LogP contribution in [0.1, 0.15) is 133 Å². The number of carbonyl (C=O) groups is 9. The molecule has 2 rings (SSSR count). The number of Topliss-reactive ketones (excluding diaryl/α,β-unsaturated/α-hetero) is 3. The molecule has 2 aromatic carbocycles. The zero-order chi connectivity index (χ0) is 55.8. The lowest BCUT2D eigenvalue weighted by atomic mass is 9.91. The third kappa shape index (κ3) is 23.7. The van der Waals surface area contributed by atoms with Crippen molar-refractivity contribution in [2.45, 2.75) is 183 Å². The zero-order valence-electron chi connectivity index (χ0n) is 45.3. The first-order valence-corrected chi connectivity index (χ1v) is 25.7. The summed E-state index contributed by atoms with van der Waals surface area (Å²) in [5.74, 6) is -9.74. The summed E-state index contributed by atoms with van der Waals surface area (Å²) in [5.41, 5.74) is 1.43. The van der Waals surface area contributed by atoms with E-state index in [-0.39, 0.29) is 87.2 Å². The molecule has 412 valence electrons. The number of ketones is 3. The molecule has 0 saturated carbocycles. The molecule has 0 bridgehead atoms. The molecule has 0 aromatic heterocycles. The molecule has 0 aliphatic carbocycles. The maximum Gasteiger partial charge on any atom is 0.408 e. The van der Waals surface area contributed by atoms with E-state index in [0.29, 0.717) is 11.1 Å². The number of alkyl halides is 2.